The molecule has 0 aromatic rings. The number of carbonyl (C=O) groups is 1. The highest BCUT2D eigenvalue weighted by atomic mass is 32.2. The molecule has 0 saturated heterocycles. The number of rotatable bonds is 1. The van der Waals surface area contributed by atoms with Gasteiger partial charge in [-0.05, 0) is 0 Å². The molecule has 6 heteroatoms. The first kappa shape index (κ1) is 11.1. The summed E-state index contributed by atoms with van der Waals surface area (Å²) in [6, 6.07) is 0. The van der Waals surface area contributed by atoms with E-state index >= 15 is 0 Å². The zero-order valence-corrected chi connectivity index (χ0v) is 5.26. The van der Waals surface area contributed by atoms with Crippen LogP contribution in [0.25, 0.3) is 0 Å². The van der Waals surface area contributed by atoms with E-state index in [1.54, 1.807) is 0 Å². The Morgan fingerprint density at radius 2 is 2.00 bits per heavy atom. The van der Waals surface area contributed by atoms with Crippen molar-refractivity contribution >= 4 is 17.2 Å². The van der Waals surface area contributed by atoms with E-state index in [9.17, 15) is 4.79 Å². The molecule has 1 atom stereocenters. The molecule has 0 amide bonds. The summed E-state index contributed by atoms with van der Waals surface area (Å²) in [5.41, 5.74) is 0. The highest BCUT2D eigenvalue weighted by molar-refractivity contribution is 7.76. The minimum atomic E-state index is -2.36. The highest BCUT2D eigenvalue weighted by Crippen LogP contribution is 1.54. The van der Waals surface area contributed by atoms with Crippen LogP contribution < -0.4 is 5.14 Å². The van der Waals surface area contributed by atoms with Gasteiger partial charge in [0, 0.05) is 17.3 Å². The molecule has 0 bridgehead atoms. The first-order valence-electron chi connectivity index (χ1n) is 1.69. The van der Waals surface area contributed by atoms with E-state index in [0.29, 0.717) is 0 Å². The smallest absolute Gasteiger partial charge is 0.327 e. The molecule has 0 aromatic heterocycles. The Morgan fingerprint density at radius 3 is 2.00 bits per heavy atom. The lowest BCUT2D eigenvalue weighted by molar-refractivity contribution is -0.131. The minimum Gasteiger partial charge on any atom is -0.760 e. The largest absolute Gasteiger partial charge is 0.760 e. The number of nitrogens with two attached hydrogens (primary N) is 1. The first-order chi connectivity index (χ1) is 4.00. The molecule has 0 fully saturated rings. The molecule has 3 N–H and O–H groups in total. The Hall–Kier alpha value is -0.720. The first-order valence-corrected chi connectivity index (χ1v) is 2.83. The quantitative estimate of drug-likeness (QED) is 0.371. The van der Waals surface area contributed by atoms with Gasteiger partial charge in [-0.3, -0.25) is 9.35 Å². The van der Waals surface area contributed by atoms with Gasteiger partial charge in [0.25, 0.3) is 0 Å². The van der Waals surface area contributed by atoms with Crippen molar-refractivity contribution in [3.8, 4) is 0 Å². The van der Waals surface area contributed by atoms with E-state index < -0.39 is 17.2 Å². The van der Waals surface area contributed by atoms with Crippen molar-refractivity contribution < 1.29 is 18.7 Å². The summed E-state index contributed by atoms with van der Waals surface area (Å²) in [5.74, 6) is -0.981. The summed E-state index contributed by atoms with van der Waals surface area (Å²) in [4.78, 5) is 9.25. The maximum atomic E-state index is 9.25. The molecule has 0 spiro atoms. The topological polar surface area (TPSA) is 103 Å². The van der Waals surface area contributed by atoms with Gasteiger partial charge < -0.3 is 9.66 Å². The third-order valence-corrected chi connectivity index (χ3v) is 0.175. The Balaban J connectivity index is 0. The molecule has 0 saturated carbocycles. The fourth-order valence-electron chi connectivity index (χ4n) is 0. The minimum absolute atomic E-state index is 0.833. The van der Waals surface area contributed by atoms with Crippen LogP contribution in [0.4, 0.5) is 0 Å². The average Bonchev–Trinajstić information content (AvgIpc) is 1.65. The maximum absolute atomic E-state index is 9.25. The lowest BCUT2D eigenvalue weighted by Crippen LogP contribution is -1.97. The Labute approximate surface area is 54.6 Å². The molecule has 0 radical (unpaired) electrons. The Bertz CT molecular complexity index is 119. The van der Waals surface area contributed by atoms with Crippen LogP contribution in [0.1, 0.15) is 0 Å². The standard InChI is InChI=1S/C3H4O2.H3NO2S/c1-2-3(4)5;1-4(2)3/h2H,1H2,(H,4,5);1H2,(H,2,3)/p-1. The average molecular weight is 152 g/mol. The Kier molecular flexibility index (Phi) is 9.00. The molecule has 54 valence electrons. The van der Waals surface area contributed by atoms with Crippen molar-refractivity contribution in [2.75, 3.05) is 0 Å². The monoisotopic (exact) mass is 152 g/mol. The summed E-state index contributed by atoms with van der Waals surface area (Å²) in [5, 5.41) is 11.6. The lowest BCUT2D eigenvalue weighted by atomic mass is 10.7. The number of carboxylic acid groups (broad SMARTS) is 1. The fourth-order valence-corrected chi connectivity index (χ4v) is 0. The number of carboxylic acids is 1. The van der Waals surface area contributed by atoms with Gasteiger partial charge in [-0.1, -0.05) is 6.58 Å². The van der Waals surface area contributed by atoms with Crippen molar-refractivity contribution in [2.24, 2.45) is 5.14 Å². The summed E-state index contributed by atoms with van der Waals surface area (Å²) in [6.45, 7) is 2.96. The zero-order chi connectivity index (χ0) is 7.86. The van der Waals surface area contributed by atoms with Crippen LogP contribution in [0.3, 0.4) is 0 Å². The van der Waals surface area contributed by atoms with Crippen LogP contribution in [0.15, 0.2) is 12.7 Å². The third-order valence-electron chi connectivity index (χ3n) is 0.175. The fraction of sp³-hybridized carbons (Fsp3) is 0. The zero-order valence-electron chi connectivity index (χ0n) is 4.44. The van der Waals surface area contributed by atoms with E-state index in [0.717, 1.165) is 6.08 Å². The van der Waals surface area contributed by atoms with Crippen molar-refractivity contribution in [1.82, 2.24) is 0 Å². The number of hydrogen-bond donors (Lipinski definition) is 2. The van der Waals surface area contributed by atoms with Crippen molar-refractivity contribution in [2.45, 2.75) is 0 Å². The van der Waals surface area contributed by atoms with Gasteiger partial charge in [-0.2, -0.15) is 0 Å². The van der Waals surface area contributed by atoms with Crippen molar-refractivity contribution in [1.29, 1.82) is 0 Å². The van der Waals surface area contributed by atoms with E-state index in [-0.39, 0.29) is 0 Å². The van der Waals surface area contributed by atoms with Gasteiger partial charge in [0.1, 0.15) is 0 Å². The molecule has 0 aromatic carbocycles. The predicted octanol–water partition coefficient (Wildman–Crippen LogP) is -1.00. The molecule has 9 heavy (non-hydrogen) atoms. The van der Waals surface area contributed by atoms with Gasteiger partial charge in [0.2, 0.25) is 0 Å². The van der Waals surface area contributed by atoms with Crippen LogP contribution in [-0.4, -0.2) is 19.8 Å². The van der Waals surface area contributed by atoms with Crippen LogP contribution in [0, 0.1) is 0 Å². The molecular formula is C3H6NO4S-. The van der Waals surface area contributed by atoms with E-state index in [2.05, 4.69) is 11.7 Å². The Morgan fingerprint density at radius 1 is 1.89 bits per heavy atom. The number of aliphatic carboxylic acids is 1. The maximum Gasteiger partial charge on any atom is 0.327 e. The van der Waals surface area contributed by atoms with Crippen LogP contribution in [0.5, 0.6) is 0 Å². The summed E-state index contributed by atoms with van der Waals surface area (Å²) < 4.78 is 17.6. The third kappa shape index (κ3) is 124. The molecule has 0 rings (SSSR count). The lowest BCUT2D eigenvalue weighted by Gasteiger charge is -1.85. The SMILES string of the molecule is C=CC(=O)O.NS(=O)[O-]. The second kappa shape index (κ2) is 7.28. The number of hydrogen-bond acceptors (Lipinski definition) is 3. The molecule has 0 aliphatic rings. The summed E-state index contributed by atoms with van der Waals surface area (Å²) in [6.07, 6.45) is 0.833. The molecule has 1 unspecified atom stereocenters. The van der Waals surface area contributed by atoms with Gasteiger partial charge in [-0.15, -0.1) is 0 Å². The molecular weight excluding hydrogens is 146 g/mol. The van der Waals surface area contributed by atoms with Crippen molar-refractivity contribution in [3.05, 3.63) is 12.7 Å². The second-order valence-electron chi connectivity index (χ2n) is 0.803. The molecule has 0 aliphatic carbocycles. The van der Waals surface area contributed by atoms with Gasteiger partial charge in [0.15, 0.2) is 0 Å². The van der Waals surface area contributed by atoms with Gasteiger partial charge in [-0.25, -0.2) is 4.79 Å². The van der Waals surface area contributed by atoms with E-state index in [1.165, 1.54) is 0 Å². The highest BCUT2D eigenvalue weighted by Gasteiger charge is 1.73. The summed E-state index contributed by atoms with van der Waals surface area (Å²) >= 11 is -2.36. The van der Waals surface area contributed by atoms with E-state index in [4.69, 9.17) is 13.9 Å². The van der Waals surface area contributed by atoms with Crippen LogP contribution in [-0.2, 0) is 16.1 Å². The molecule has 0 aliphatic heterocycles. The van der Waals surface area contributed by atoms with Crippen molar-refractivity contribution in [3.63, 3.8) is 0 Å². The van der Waals surface area contributed by atoms with Gasteiger partial charge in [0.05, 0.1) is 0 Å². The normalized spacial score (nSPS) is 10.4. The predicted molar refractivity (Wildman–Crippen MR) is 30.9 cm³/mol. The van der Waals surface area contributed by atoms with E-state index in [1.807, 2.05) is 0 Å². The van der Waals surface area contributed by atoms with Crippen LogP contribution in [0.2, 0.25) is 0 Å². The molecule has 5 nitrogen and oxygen atoms in total. The second-order valence-corrected chi connectivity index (χ2v) is 1.32. The molecule has 0 heterocycles. The van der Waals surface area contributed by atoms with Gasteiger partial charge >= 0.3 is 5.97 Å². The summed E-state index contributed by atoms with van der Waals surface area (Å²) in [7, 11) is 0. The van der Waals surface area contributed by atoms with Crippen LogP contribution >= 0.6 is 0 Å².